The van der Waals surface area contributed by atoms with Gasteiger partial charge in [-0.15, -0.1) is 15.0 Å². The van der Waals surface area contributed by atoms with Crippen LogP contribution in [0.2, 0.25) is 0 Å². The Balaban J connectivity index is 2.67. The van der Waals surface area contributed by atoms with Gasteiger partial charge in [0.15, 0.2) is 0 Å². The van der Waals surface area contributed by atoms with Crippen LogP contribution in [-0.2, 0) is 14.4 Å². The molecule has 12 heteroatoms. The lowest BCUT2D eigenvalue weighted by Crippen LogP contribution is -2.16. The first kappa shape index (κ1) is 30.6. The van der Waals surface area contributed by atoms with E-state index < -0.39 is 6.23 Å². The highest BCUT2D eigenvalue weighted by atomic mass is 16.5. The van der Waals surface area contributed by atoms with E-state index in [1.165, 1.54) is 18.2 Å². The highest BCUT2D eigenvalue weighted by molar-refractivity contribution is 5.33. The summed E-state index contributed by atoms with van der Waals surface area (Å²) in [5.41, 5.74) is 0. The topological polar surface area (TPSA) is 155 Å². The Morgan fingerprint density at radius 2 is 1.19 bits per heavy atom. The Morgan fingerprint density at radius 3 is 1.69 bits per heavy atom. The molecule has 0 aliphatic rings. The third-order valence-corrected chi connectivity index (χ3v) is 4.99. The lowest BCUT2D eigenvalue weighted by Gasteiger charge is -2.13. The summed E-state index contributed by atoms with van der Waals surface area (Å²) >= 11 is 0. The van der Waals surface area contributed by atoms with Gasteiger partial charge in [0.25, 0.3) is 0 Å². The maximum Gasteiger partial charge on any atom is 0.327 e. The second-order valence-corrected chi connectivity index (χ2v) is 7.94. The average Bonchev–Trinajstić information content (AvgIpc) is 2.87. The number of aliphatic imine (C=N–C) groups is 3. The number of nitrogens with zero attached hydrogens (tertiary/aromatic N) is 6. The van der Waals surface area contributed by atoms with Crippen LogP contribution in [0, 0.1) is 0 Å². The molecule has 0 spiro atoms. The summed E-state index contributed by atoms with van der Waals surface area (Å²) in [5, 5.41) is 0. The predicted molar refractivity (Wildman–Crippen MR) is 130 cm³/mol. The smallest absolute Gasteiger partial charge is 0.327 e. The number of aromatic nitrogens is 3. The van der Waals surface area contributed by atoms with Crippen LogP contribution in [0.15, 0.2) is 15.0 Å². The molecule has 12 nitrogen and oxygen atoms in total. The fourth-order valence-corrected chi connectivity index (χ4v) is 3.11. The van der Waals surface area contributed by atoms with Crippen molar-refractivity contribution in [1.82, 2.24) is 15.0 Å². The van der Waals surface area contributed by atoms with E-state index in [0.717, 1.165) is 70.6 Å². The van der Waals surface area contributed by atoms with Crippen molar-refractivity contribution in [2.75, 3.05) is 26.3 Å². The molecule has 0 bridgehead atoms. The molecule has 1 atom stereocenters. The minimum atomic E-state index is -0.750. The van der Waals surface area contributed by atoms with E-state index in [9.17, 15) is 14.4 Å². The van der Waals surface area contributed by atoms with Crippen molar-refractivity contribution >= 4 is 18.2 Å². The maximum absolute atomic E-state index is 10.8. The van der Waals surface area contributed by atoms with Gasteiger partial charge in [0.1, 0.15) is 0 Å². The first-order chi connectivity index (χ1) is 17.7. The normalized spacial score (nSPS) is 10.9. The lowest BCUT2D eigenvalue weighted by atomic mass is 10.2. The molecule has 0 N–H and O–H groups in total. The lowest BCUT2D eigenvalue weighted by molar-refractivity contribution is 0.168. The number of ether oxygens (including phenoxy) is 3. The monoisotopic (exact) mass is 504 g/mol. The van der Waals surface area contributed by atoms with Crippen LogP contribution in [-0.4, -0.2) is 65.7 Å². The summed E-state index contributed by atoms with van der Waals surface area (Å²) in [6.07, 6.45) is 14.0. The molecule has 1 heterocycles. The molecule has 198 valence electrons. The molecule has 0 amide bonds. The van der Waals surface area contributed by atoms with Crippen LogP contribution in [0.3, 0.4) is 0 Å². The van der Waals surface area contributed by atoms with Gasteiger partial charge in [0, 0.05) is 6.42 Å². The molecular weight excluding hydrogens is 468 g/mol. The summed E-state index contributed by atoms with van der Waals surface area (Å²) in [7, 11) is 0. The number of hydrogen-bond donors (Lipinski definition) is 0. The Labute approximate surface area is 211 Å². The molecule has 0 radical (unpaired) electrons. The van der Waals surface area contributed by atoms with Crippen LogP contribution in [0.5, 0.6) is 18.0 Å². The number of carbonyl (C=O) groups excluding carboxylic acids is 3. The zero-order valence-corrected chi connectivity index (χ0v) is 21.0. The first-order valence-electron chi connectivity index (χ1n) is 12.6. The molecular formula is C24H36N6O6. The van der Waals surface area contributed by atoms with Crippen molar-refractivity contribution in [3.05, 3.63) is 0 Å². The summed E-state index contributed by atoms with van der Waals surface area (Å²) in [6, 6.07) is 0.0956. The molecule has 0 aromatic carbocycles. The summed E-state index contributed by atoms with van der Waals surface area (Å²) < 4.78 is 17.1. The Hall–Kier alpha value is -3.45. The van der Waals surface area contributed by atoms with Crippen molar-refractivity contribution in [1.29, 1.82) is 0 Å². The fourth-order valence-electron chi connectivity index (χ4n) is 3.11. The first-order valence-corrected chi connectivity index (χ1v) is 12.6. The van der Waals surface area contributed by atoms with Crippen molar-refractivity contribution in [3.8, 4) is 18.0 Å². The van der Waals surface area contributed by atoms with Gasteiger partial charge in [0.05, 0.1) is 26.3 Å². The van der Waals surface area contributed by atoms with E-state index in [-0.39, 0.29) is 18.0 Å². The average molecular weight is 505 g/mol. The van der Waals surface area contributed by atoms with Gasteiger partial charge < -0.3 is 14.2 Å². The van der Waals surface area contributed by atoms with Gasteiger partial charge in [-0.05, 0) is 44.9 Å². The molecule has 0 aliphatic heterocycles. The second-order valence-electron chi connectivity index (χ2n) is 7.94. The van der Waals surface area contributed by atoms with Gasteiger partial charge in [0.2, 0.25) is 24.5 Å². The van der Waals surface area contributed by atoms with Gasteiger partial charge in [-0.25, -0.2) is 24.4 Å². The zero-order chi connectivity index (χ0) is 26.1. The molecule has 1 unspecified atom stereocenters. The van der Waals surface area contributed by atoms with E-state index in [1.54, 1.807) is 0 Å². The SMILES string of the molecule is CCCCCC(N=C=O)Oc1nc(OCCCCCCN=C=O)nc(OCCCCCCN=C=O)n1. The number of isocyanates is 3. The van der Waals surface area contributed by atoms with Crippen molar-refractivity contribution in [2.45, 2.75) is 90.2 Å². The molecule has 0 saturated heterocycles. The Kier molecular flexibility index (Phi) is 18.7. The standard InChI is InChI=1S/C24H36N6O6/c1-2-3-8-13-21(27-20-33)36-24-29-22(34-16-11-6-4-9-14-25-18-31)28-23(30-24)35-17-12-7-5-10-15-26-19-32/h21H,2-17H2,1H3. The van der Waals surface area contributed by atoms with Gasteiger partial charge in [-0.3, -0.25) is 0 Å². The van der Waals surface area contributed by atoms with Gasteiger partial charge in [-0.2, -0.15) is 4.99 Å². The molecule has 1 rings (SSSR count). The Bertz CT molecular complexity index is 816. The predicted octanol–water partition coefficient (Wildman–Crippen LogP) is 4.04. The summed E-state index contributed by atoms with van der Waals surface area (Å²) in [6.45, 7) is 3.81. The van der Waals surface area contributed by atoms with Gasteiger partial charge in [-0.1, -0.05) is 32.6 Å². The molecule has 0 saturated carbocycles. The molecule has 1 aromatic rings. The van der Waals surface area contributed by atoms with E-state index in [4.69, 9.17) is 14.2 Å². The van der Waals surface area contributed by atoms with E-state index >= 15 is 0 Å². The van der Waals surface area contributed by atoms with Crippen molar-refractivity contribution in [3.63, 3.8) is 0 Å². The van der Waals surface area contributed by atoms with E-state index in [2.05, 4.69) is 36.9 Å². The van der Waals surface area contributed by atoms with Crippen molar-refractivity contribution < 1.29 is 28.6 Å². The Morgan fingerprint density at radius 1 is 0.667 bits per heavy atom. The van der Waals surface area contributed by atoms with Crippen LogP contribution in [0.1, 0.15) is 84.0 Å². The highest BCUT2D eigenvalue weighted by Gasteiger charge is 2.15. The number of hydrogen-bond acceptors (Lipinski definition) is 12. The van der Waals surface area contributed by atoms with Crippen LogP contribution >= 0.6 is 0 Å². The minimum Gasteiger partial charge on any atom is -0.463 e. The summed E-state index contributed by atoms with van der Waals surface area (Å²) in [4.78, 5) is 54.3. The highest BCUT2D eigenvalue weighted by Crippen LogP contribution is 2.19. The molecule has 0 fully saturated rings. The zero-order valence-electron chi connectivity index (χ0n) is 21.0. The van der Waals surface area contributed by atoms with Crippen LogP contribution in [0.4, 0.5) is 0 Å². The number of unbranched alkanes of at least 4 members (excludes halogenated alkanes) is 8. The maximum atomic E-state index is 10.8. The second kappa shape index (κ2) is 22.0. The van der Waals surface area contributed by atoms with E-state index in [0.29, 0.717) is 32.7 Å². The quantitative estimate of drug-likeness (QED) is 0.122. The van der Waals surface area contributed by atoms with Crippen LogP contribution < -0.4 is 14.2 Å². The van der Waals surface area contributed by atoms with E-state index in [1.807, 2.05) is 0 Å². The fraction of sp³-hybridized carbons (Fsp3) is 0.750. The van der Waals surface area contributed by atoms with Crippen molar-refractivity contribution in [2.24, 2.45) is 15.0 Å². The van der Waals surface area contributed by atoms with Crippen LogP contribution in [0.25, 0.3) is 0 Å². The molecule has 36 heavy (non-hydrogen) atoms. The number of rotatable bonds is 23. The third kappa shape index (κ3) is 16.2. The molecule has 0 aliphatic carbocycles. The largest absolute Gasteiger partial charge is 0.463 e. The third-order valence-electron chi connectivity index (χ3n) is 4.99. The minimum absolute atomic E-state index is 0.0334. The summed E-state index contributed by atoms with van der Waals surface area (Å²) in [5.74, 6) is 0. The van der Waals surface area contributed by atoms with Gasteiger partial charge >= 0.3 is 18.0 Å². The molecule has 1 aromatic heterocycles.